The number of likely N-dealkylation sites (N-methyl/N-ethyl adjacent to an activating group) is 1. The molecule has 0 saturated carbocycles. The van der Waals surface area contributed by atoms with Crippen molar-refractivity contribution >= 4 is 6.03 Å². The lowest BCUT2D eigenvalue weighted by Gasteiger charge is -2.39. The third-order valence-electron chi connectivity index (χ3n) is 3.95. The first-order valence-corrected chi connectivity index (χ1v) is 6.62. The first-order valence-electron chi connectivity index (χ1n) is 6.62. The van der Waals surface area contributed by atoms with Crippen LogP contribution in [0.2, 0.25) is 0 Å². The van der Waals surface area contributed by atoms with Crippen molar-refractivity contribution in [3.05, 3.63) is 71.8 Å². The summed E-state index contributed by atoms with van der Waals surface area (Å²) >= 11 is 0. The molecule has 5 nitrogen and oxygen atoms in total. The smallest absolute Gasteiger partial charge is 0.322 e. The summed E-state index contributed by atoms with van der Waals surface area (Å²) in [6.07, 6.45) is 0. The highest BCUT2D eigenvalue weighted by Gasteiger charge is 2.62. The monoisotopic (exact) mass is 284 g/mol. The lowest BCUT2D eigenvalue weighted by atomic mass is 9.86. The molecular formula is C16H16N2O3. The molecule has 1 fully saturated rings. The minimum Gasteiger partial charge on any atom is -0.363 e. The molecular weight excluding hydrogens is 268 g/mol. The fourth-order valence-corrected chi connectivity index (χ4v) is 2.74. The van der Waals surface area contributed by atoms with Crippen molar-refractivity contribution in [3.63, 3.8) is 0 Å². The summed E-state index contributed by atoms with van der Waals surface area (Å²) in [6, 6.07) is 16.7. The lowest BCUT2D eigenvalue weighted by Crippen LogP contribution is -2.55. The summed E-state index contributed by atoms with van der Waals surface area (Å²) in [6.45, 7) is 0. The number of carbonyl (C=O) groups excluding carboxylic acids is 1. The zero-order valence-corrected chi connectivity index (χ0v) is 11.5. The molecule has 2 atom stereocenters. The molecule has 0 aliphatic carbocycles. The third kappa shape index (κ3) is 1.75. The molecule has 1 aliphatic rings. The first-order chi connectivity index (χ1) is 10.00. The van der Waals surface area contributed by atoms with Crippen LogP contribution in [0.4, 0.5) is 4.79 Å². The van der Waals surface area contributed by atoms with E-state index in [0.717, 1.165) is 4.90 Å². The van der Waals surface area contributed by atoms with E-state index in [1.807, 2.05) is 0 Å². The molecule has 0 spiro atoms. The standard InChI is InChI=1S/C16H16N2O3/c1-18-14(19)17-15(20,12-8-4-2-5-9-12)16(18,21)13-10-6-3-7-11-13/h2-11,20-21H,1H3,(H,17,19)/t15-,16+/m1/s1. The first kappa shape index (κ1) is 13.6. The van der Waals surface area contributed by atoms with Crippen molar-refractivity contribution in [1.82, 2.24) is 10.2 Å². The average Bonchev–Trinajstić information content (AvgIpc) is 2.71. The predicted molar refractivity (Wildman–Crippen MR) is 77.0 cm³/mol. The number of urea groups is 1. The van der Waals surface area contributed by atoms with Crippen molar-refractivity contribution in [3.8, 4) is 0 Å². The van der Waals surface area contributed by atoms with Gasteiger partial charge in [0.2, 0.25) is 11.4 Å². The molecule has 1 saturated heterocycles. The fourth-order valence-electron chi connectivity index (χ4n) is 2.74. The molecule has 0 unspecified atom stereocenters. The van der Waals surface area contributed by atoms with Gasteiger partial charge in [-0.05, 0) is 0 Å². The number of nitrogens with zero attached hydrogens (tertiary/aromatic N) is 1. The van der Waals surface area contributed by atoms with Gasteiger partial charge in [-0.3, -0.25) is 4.90 Å². The SMILES string of the molecule is CN1C(=O)N[C@@](O)(c2ccccc2)[C@@]1(O)c1ccccc1. The van der Waals surface area contributed by atoms with Gasteiger partial charge in [0.25, 0.3) is 0 Å². The van der Waals surface area contributed by atoms with Crippen molar-refractivity contribution < 1.29 is 15.0 Å². The van der Waals surface area contributed by atoms with E-state index in [-0.39, 0.29) is 0 Å². The summed E-state index contributed by atoms with van der Waals surface area (Å²) in [5, 5.41) is 24.7. The zero-order valence-electron chi connectivity index (χ0n) is 11.5. The molecule has 2 aromatic rings. The number of carbonyl (C=O) groups is 1. The van der Waals surface area contributed by atoms with E-state index >= 15 is 0 Å². The van der Waals surface area contributed by atoms with Crippen molar-refractivity contribution in [1.29, 1.82) is 0 Å². The van der Waals surface area contributed by atoms with Gasteiger partial charge >= 0.3 is 6.03 Å². The Balaban J connectivity index is 2.22. The van der Waals surface area contributed by atoms with E-state index in [4.69, 9.17) is 0 Å². The number of aliphatic hydroxyl groups is 2. The second-order valence-corrected chi connectivity index (χ2v) is 5.10. The molecule has 21 heavy (non-hydrogen) atoms. The van der Waals surface area contributed by atoms with Crippen LogP contribution in [-0.2, 0) is 11.4 Å². The molecule has 2 amide bonds. The van der Waals surface area contributed by atoms with Gasteiger partial charge < -0.3 is 15.5 Å². The van der Waals surface area contributed by atoms with Crippen LogP contribution in [0.1, 0.15) is 11.1 Å². The average molecular weight is 284 g/mol. The molecule has 3 rings (SSSR count). The van der Waals surface area contributed by atoms with Gasteiger partial charge in [0.1, 0.15) is 0 Å². The summed E-state index contributed by atoms with van der Waals surface area (Å²) in [7, 11) is 1.45. The Kier molecular flexibility index (Phi) is 2.97. The van der Waals surface area contributed by atoms with Crippen LogP contribution in [0.25, 0.3) is 0 Å². The third-order valence-corrected chi connectivity index (χ3v) is 3.95. The zero-order chi connectivity index (χ0) is 15.1. The van der Waals surface area contributed by atoms with Crippen molar-refractivity contribution in [2.45, 2.75) is 11.4 Å². The summed E-state index contributed by atoms with van der Waals surface area (Å²) in [5.41, 5.74) is -2.99. The van der Waals surface area contributed by atoms with Crippen molar-refractivity contribution in [2.24, 2.45) is 0 Å². The van der Waals surface area contributed by atoms with Gasteiger partial charge in [-0.25, -0.2) is 4.79 Å². The fraction of sp³-hybridized carbons (Fsp3) is 0.188. The topological polar surface area (TPSA) is 72.8 Å². The molecule has 1 heterocycles. The van der Waals surface area contributed by atoms with Crippen LogP contribution >= 0.6 is 0 Å². The number of benzene rings is 2. The number of hydrogen-bond acceptors (Lipinski definition) is 3. The lowest BCUT2D eigenvalue weighted by molar-refractivity contribution is -0.207. The maximum atomic E-state index is 12.0. The van der Waals surface area contributed by atoms with Crippen LogP contribution in [0.15, 0.2) is 60.7 Å². The van der Waals surface area contributed by atoms with Crippen LogP contribution in [-0.4, -0.2) is 28.2 Å². The molecule has 0 radical (unpaired) electrons. The number of nitrogens with one attached hydrogen (secondary N) is 1. The quantitative estimate of drug-likeness (QED) is 0.779. The molecule has 1 aliphatic heterocycles. The Morgan fingerprint density at radius 1 is 0.905 bits per heavy atom. The van der Waals surface area contributed by atoms with E-state index in [1.165, 1.54) is 7.05 Å². The molecule has 2 aromatic carbocycles. The van der Waals surface area contributed by atoms with E-state index < -0.39 is 17.5 Å². The van der Waals surface area contributed by atoms with Crippen LogP contribution in [0.5, 0.6) is 0 Å². The van der Waals surface area contributed by atoms with Crippen LogP contribution < -0.4 is 5.32 Å². The maximum absolute atomic E-state index is 12.0. The molecule has 0 bridgehead atoms. The van der Waals surface area contributed by atoms with E-state index in [9.17, 15) is 15.0 Å². The molecule has 5 heteroatoms. The Morgan fingerprint density at radius 2 is 1.38 bits per heavy atom. The Labute approximate surface area is 122 Å². The second kappa shape index (κ2) is 4.58. The number of rotatable bonds is 2. The highest BCUT2D eigenvalue weighted by atomic mass is 16.4. The normalized spacial score (nSPS) is 28.5. The highest BCUT2D eigenvalue weighted by molar-refractivity contribution is 5.79. The maximum Gasteiger partial charge on any atom is 0.322 e. The van der Waals surface area contributed by atoms with E-state index in [1.54, 1.807) is 60.7 Å². The van der Waals surface area contributed by atoms with E-state index in [2.05, 4.69) is 5.32 Å². The summed E-state index contributed by atoms with van der Waals surface area (Å²) < 4.78 is 0. The Bertz CT molecular complexity index is 662. The van der Waals surface area contributed by atoms with Gasteiger partial charge in [-0.15, -0.1) is 0 Å². The molecule has 3 N–H and O–H groups in total. The van der Waals surface area contributed by atoms with Gasteiger partial charge in [0, 0.05) is 18.2 Å². The molecule has 108 valence electrons. The minimum absolute atomic E-state index is 0.411. The highest BCUT2D eigenvalue weighted by Crippen LogP contribution is 2.44. The van der Waals surface area contributed by atoms with Gasteiger partial charge in [0.15, 0.2) is 0 Å². The van der Waals surface area contributed by atoms with Gasteiger partial charge in [-0.2, -0.15) is 0 Å². The summed E-state index contributed by atoms with van der Waals surface area (Å²) in [5.74, 6) is 0. The number of hydrogen-bond donors (Lipinski definition) is 3. The predicted octanol–water partition coefficient (Wildman–Crippen LogP) is 1.33. The van der Waals surface area contributed by atoms with Gasteiger partial charge in [-0.1, -0.05) is 60.7 Å². The van der Waals surface area contributed by atoms with Crippen LogP contribution in [0, 0.1) is 0 Å². The largest absolute Gasteiger partial charge is 0.363 e. The van der Waals surface area contributed by atoms with Crippen molar-refractivity contribution in [2.75, 3.05) is 7.05 Å². The minimum atomic E-state index is -1.93. The van der Waals surface area contributed by atoms with Crippen LogP contribution in [0.3, 0.4) is 0 Å². The molecule has 0 aromatic heterocycles. The Morgan fingerprint density at radius 3 is 1.90 bits per heavy atom. The number of amides is 2. The summed E-state index contributed by atoms with van der Waals surface area (Å²) in [4.78, 5) is 13.2. The second-order valence-electron chi connectivity index (χ2n) is 5.10. The van der Waals surface area contributed by atoms with Gasteiger partial charge in [0.05, 0.1) is 0 Å². The Hall–Kier alpha value is -2.37. The van der Waals surface area contributed by atoms with E-state index in [0.29, 0.717) is 11.1 Å².